The molecule has 1 aromatic heterocycles. The summed E-state index contributed by atoms with van der Waals surface area (Å²) in [6, 6.07) is 4.47. The number of carbonyl (C=O) groups is 1. The van der Waals surface area contributed by atoms with Crippen molar-refractivity contribution in [2.24, 2.45) is 5.73 Å². The standard InChI is InChI=1S/C13H21N3OS.ClH/c1-15(9-12-5-3-7-18-12)13(17)10-16-6-2-4-11(16)8-14;/h3,5,7,11H,2,4,6,8-10,14H2,1H3;1H. The molecule has 6 heteroatoms. The molecule has 1 aliphatic rings. The van der Waals surface area contributed by atoms with E-state index in [1.54, 1.807) is 16.2 Å². The molecule has 2 heterocycles. The Bertz CT molecular complexity index is 385. The SMILES string of the molecule is CN(Cc1cccs1)C(=O)CN1CCCC1CN.Cl. The summed E-state index contributed by atoms with van der Waals surface area (Å²) in [7, 11) is 1.87. The fourth-order valence-corrected chi connectivity index (χ4v) is 3.15. The minimum Gasteiger partial charge on any atom is -0.340 e. The van der Waals surface area contributed by atoms with Gasteiger partial charge in [0.25, 0.3) is 0 Å². The second kappa shape index (κ2) is 7.85. The maximum absolute atomic E-state index is 12.1. The lowest BCUT2D eigenvalue weighted by Gasteiger charge is -2.25. The van der Waals surface area contributed by atoms with Crippen molar-refractivity contribution in [2.75, 3.05) is 26.7 Å². The largest absolute Gasteiger partial charge is 0.340 e. The molecule has 1 fully saturated rings. The highest BCUT2D eigenvalue weighted by molar-refractivity contribution is 7.09. The van der Waals surface area contributed by atoms with Crippen molar-refractivity contribution in [3.8, 4) is 0 Å². The van der Waals surface area contributed by atoms with E-state index in [0.717, 1.165) is 19.4 Å². The van der Waals surface area contributed by atoms with Crippen molar-refractivity contribution >= 4 is 29.7 Å². The van der Waals surface area contributed by atoms with Gasteiger partial charge in [-0.3, -0.25) is 9.69 Å². The Balaban J connectivity index is 0.00000180. The molecule has 108 valence electrons. The Labute approximate surface area is 125 Å². The number of hydrogen-bond acceptors (Lipinski definition) is 4. The first-order chi connectivity index (χ1) is 8.70. The summed E-state index contributed by atoms with van der Waals surface area (Å²) in [5, 5.41) is 2.04. The highest BCUT2D eigenvalue weighted by Crippen LogP contribution is 2.16. The molecule has 0 aliphatic carbocycles. The number of carbonyl (C=O) groups excluding carboxylic acids is 1. The lowest BCUT2D eigenvalue weighted by molar-refractivity contribution is -0.131. The van der Waals surface area contributed by atoms with Crippen LogP contribution in [0.2, 0.25) is 0 Å². The molecule has 1 atom stereocenters. The van der Waals surface area contributed by atoms with E-state index in [-0.39, 0.29) is 18.3 Å². The lowest BCUT2D eigenvalue weighted by atomic mass is 10.2. The molecule has 1 aliphatic heterocycles. The van der Waals surface area contributed by atoms with Gasteiger partial charge in [0.15, 0.2) is 0 Å². The molecule has 0 radical (unpaired) electrons. The zero-order valence-corrected chi connectivity index (χ0v) is 12.9. The number of nitrogens with zero attached hydrogens (tertiary/aromatic N) is 2. The second-order valence-corrected chi connectivity index (χ2v) is 5.86. The number of likely N-dealkylation sites (N-methyl/N-ethyl adjacent to an activating group) is 1. The van der Waals surface area contributed by atoms with E-state index in [0.29, 0.717) is 25.7 Å². The summed E-state index contributed by atoms with van der Waals surface area (Å²) in [6.07, 6.45) is 2.28. The summed E-state index contributed by atoms with van der Waals surface area (Å²) in [4.78, 5) is 17.4. The van der Waals surface area contributed by atoms with E-state index in [1.807, 2.05) is 18.5 Å². The first-order valence-electron chi connectivity index (χ1n) is 6.41. The van der Waals surface area contributed by atoms with Crippen LogP contribution in [0.5, 0.6) is 0 Å². The maximum Gasteiger partial charge on any atom is 0.236 e. The van der Waals surface area contributed by atoms with Crippen LogP contribution in [0, 0.1) is 0 Å². The average Bonchev–Trinajstić information content (AvgIpc) is 2.99. The topological polar surface area (TPSA) is 49.6 Å². The number of thiophene rings is 1. The van der Waals surface area contributed by atoms with Gasteiger partial charge < -0.3 is 10.6 Å². The number of rotatable bonds is 5. The number of amides is 1. The van der Waals surface area contributed by atoms with Gasteiger partial charge in [0.2, 0.25) is 5.91 Å². The van der Waals surface area contributed by atoms with Gasteiger partial charge in [-0.05, 0) is 30.8 Å². The quantitative estimate of drug-likeness (QED) is 0.898. The van der Waals surface area contributed by atoms with Crippen LogP contribution in [0.25, 0.3) is 0 Å². The monoisotopic (exact) mass is 303 g/mol. The van der Waals surface area contributed by atoms with Crippen LogP contribution in [-0.2, 0) is 11.3 Å². The third kappa shape index (κ3) is 4.45. The number of nitrogens with two attached hydrogens (primary N) is 1. The highest BCUT2D eigenvalue weighted by Gasteiger charge is 2.25. The molecule has 0 bridgehead atoms. The fourth-order valence-electron chi connectivity index (χ4n) is 2.39. The van der Waals surface area contributed by atoms with Crippen LogP contribution in [-0.4, -0.2) is 48.4 Å². The third-order valence-electron chi connectivity index (χ3n) is 3.51. The van der Waals surface area contributed by atoms with Crippen LogP contribution < -0.4 is 5.73 Å². The lowest BCUT2D eigenvalue weighted by Crippen LogP contribution is -2.42. The molecule has 4 nitrogen and oxygen atoms in total. The molecular formula is C13H22ClN3OS. The average molecular weight is 304 g/mol. The molecule has 2 rings (SSSR count). The van der Waals surface area contributed by atoms with Crippen LogP contribution in [0.3, 0.4) is 0 Å². The molecule has 19 heavy (non-hydrogen) atoms. The number of likely N-dealkylation sites (tertiary alicyclic amines) is 1. The predicted molar refractivity (Wildman–Crippen MR) is 81.7 cm³/mol. The normalized spacial score (nSPS) is 19.2. The number of hydrogen-bond donors (Lipinski definition) is 1. The van der Waals surface area contributed by atoms with Crippen molar-refractivity contribution < 1.29 is 4.79 Å². The molecule has 1 aromatic rings. The Kier molecular flexibility index (Phi) is 6.79. The molecule has 0 spiro atoms. The van der Waals surface area contributed by atoms with Gasteiger partial charge in [0.1, 0.15) is 0 Å². The summed E-state index contributed by atoms with van der Waals surface area (Å²) in [5.74, 6) is 0.184. The molecule has 1 amide bonds. The molecule has 0 aromatic carbocycles. The number of halogens is 1. The van der Waals surface area contributed by atoms with Gasteiger partial charge in [-0.15, -0.1) is 23.7 Å². The Morgan fingerprint density at radius 3 is 3.05 bits per heavy atom. The van der Waals surface area contributed by atoms with E-state index >= 15 is 0 Å². The van der Waals surface area contributed by atoms with Crippen LogP contribution in [0.4, 0.5) is 0 Å². The van der Waals surface area contributed by atoms with E-state index in [4.69, 9.17) is 5.73 Å². The minimum absolute atomic E-state index is 0. The summed E-state index contributed by atoms with van der Waals surface area (Å²) in [6.45, 7) is 2.86. The maximum atomic E-state index is 12.1. The molecular weight excluding hydrogens is 282 g/mol. The van der Waals surface area contributed by atoms with Crippen LogP contribution >= 0.6 is 23.7 Å². The van der Waals surface area contributed by atoms with E-state index in [2.05, 4.69) is 11.0 Å². The zero-order chi connectivity index (χ0) is 13.0. The minimum atomic E-state index is 0. The van der Waals surface area contributed by atoms with Crippen molar-refractivity contribution in [1.82, 2.24) is 9.80 Å². The summed E-state index contributed by atoms with van der Waals surface area (Å²) >= 11 is 1.69. The van der Waals surface area contributed by atoms with E-state index in [9.17, 15) is 4.79 Å². The highest BCUT2D eigenvalue weighted by atomic mass is 35.5. The fraction of sp³-hybridized carbons (Fsp3) is 0.615. The summed E-state index contributed by atoms with van der Waals surface area (Å²) < 4.78 is 0. The van der Waals surface area contributed by atoms with Gasteiger partial charge >= 0.3 is 0 Å². The Morgan fingerprint density at radius 2 is 2.42 bits per heavy atom. The molecule has 0 saturated carbocycles. The van der Waals surface area contributed by atoms with E-state index in [1.165, 1.54) is 4.88 Å². The summed E-state index contributed by atoms with van der Waals surface area (Å²) in [5.41, 5.74) is 5.72. The zero-order valence-electron chi connectivity index (χ0n) is 11.2. The Morgan fingerprint density at radius 1 is 1.63 bits per heavy atom. The Hall–Kier alpha value is -0.620. The smallest absolute Gasteiger partial charge is 0.236 e. The molecule has 1 unspecified atom stereocenters. The van der Waals surface area contributed by atoms with Crippen LogP contribution in [0.15, 0.2) is 17.5 Å². The third-order valence-corrected chi connectivity index (χ3v) is 4.37. The molecule has 1 saturated heterocycles. The molecule has 2 N–H and O–H groups in total. The first-order valence-corrected chi connectivity index (χ1v) is 7.29. The van der Waals surface area contributed by atoms with Gasteiger partial charge in [0.05, 0.1) is 13.1 Å². The van der Waals surface area contributed by atoms with Crippen molar-refractivity contribution in [1.29, 1.82) is 0 Å². The van der Waals surface area contributed by atoms with Crippen LogP contribution in [0.1, 0.15) is 17.7 Å². The second-order valence-electron chi connectivity index (χ2n) is 4.83. The van der Waals surface area contributed by atoms with E-state index < -0.39 is 0 Å². The van der Waals surface area contributed by atoms with Crippen molar-refractivity contribution in [3.63, 3.8) is 0 Å². The van der Waals surface area contributed by atoms with Gasteiger partial charge in [-0.1, -0.05) is 6.07 Å². The first kappa shape index (κ1) is 16.4. The van der Waals surface area contributed by atoms with Gasteiger partial charge in [-0.25, -0.2) is 0 Å². The van der Waals surface area contributed by atoms with Gasteiger partial charge in [-0.2, -0.15) is 0 Å². The van der Waals surface area contributed by atoms with Crippen molar-refractivity contribution in [2.45, 2.75) is 25.4 Å². The predicted octanol–water partition coefficient (Wildman–Crippen LogP) is 1.55. The van der Waals surface area contributed by atoms with Gasteiger partial charge in [0, 0.05) is 24.5 Å². The van der Waals surface area contributed by atoms with Crippen molar-refractivity contribution in [3.05, 3.63) is 22.4 Å².